The first-order valence-corrected chi connectivity index (χ1v) is 8.31. The van der Waals surface area contributed by atoms with Crippen LogP contribution in [-0.4, -0.2) is 52.5 Å². The molecule has 1 aliphatic rings. The summed E-state index contributed by atoms with van der Waals surface area (Å²) in [4.78, 5) is 11.6. The van der Waals surface area contributed by atoms with Gasteiger partial charge in [-0.3, -0.25) is 0 Å². The highest BCUT2D eigenvalue weighted by atomic mass is 32.2. The summed E-state index contributed by atoms with van der Waals surface area (Å²) in [6.45, 7) is 2.39. The monoisotopic (exact) mass is 306 g/mol. The van der Waals surface area contributed by atoms with Gasteiger partial charge in [-0.2, -0.15) is 0 Å². The summed E-state index contributed by atoms with van der Waals surface area (Å²) in [7, 11) is -2.12. The van der Waals surface area contributed by atoms with Crippen LogP contribution in [0.5, 0.6) is 0 Å². The number of hydrogen-bond donors (Lipinski definition) is 2. The van der Waals surface area contributed by atoms with Crippen molar-refractivity contribution in [3.8, 4) is 0 Å². The van der Waals surface area contributed by atoms with Crippen molar-refractivity contribution in [2.24, 2.45) is 5.73 Å². The van der Waals surface area contributed by atoms with Gasteiger partial charge in [-0.15, -0.1) is 0 Å². The summed E-state index contributed by atoms with van der Waals surface area (Å²) in [6, 6.07) is -1.14. The number of nitrogens with one attached hydrogen (secondary N) is 1. The predicted octanol–water partition coefficient (Wildman–Crippen LogP) is -0.470. The largest absolute Gasteiger partial charge is 0.466 e. The first-order chi connectivity index (χ1) is 9.28. The average molecular weight is 306 g/mol. The van der Waals surface area contributed by atoms with Crippen molar-refractivity contribution < 1.29 is 22.7 Å². The molecular formula is C12H22N2O5S. The van der Waals surface area contributed by atoms with E-state index in [4.69, 9.17) is 10.5 Å². The Labute approximate surface area is 119 Å². The number of sulfonamides is 1. The van der Waals surface area contributed by atoms with Crippen LogP contribution in [0.3, 0.4) is 0 Å². The second-order valence-corrected chi connectivity index (χ2v) is 6.58. The summed E-state index contributed by atoms with van der Waals surface area (Å²) in [6.07, 6.45) is 3.09. The van der Waals surface area contributed by atoms with Crippen molar-refractivity contribution in [3.05, 3.63) is 11.6 Å². The fourth-order valence-corrected chi connectivity index (χ4v) is 2.89. The molecule has 3 N–H and O–H groups in total. The Balaban J connectivity index is 2.98. The zero-order valence-corrected chi connectivity index (χ0v) is 12.8. The molecule has 0 aliphatic heterocycles. The zero-order chi connectivity index (χ0) is 15.3. The lowest BCUT2D eigenvalue weighted by atomic mass is 9.89. The maximum Gasteiger partial charge on any atom is 0.333 e. The molecule has 0 heterocycles. The first-order valence-electron chi connectivity index (χ1n) is 6.42. The van der Waals surface area contributed by atoms with E-state index in [0.29, 0.717) is 12.2 Å². The van der Waals surface area contributed by atoms with Gasteiger partial charge in [-0.25, -0.2) is 17.9 Å². The molecule has 0 radical (unpaired) electrons. The van der Waals surface area contributed by atoms with Crippen LogP contribution in [0.25, 0.3) is 0 Å². The Hall–Kier alpha value is -0.960. The minimum atomic E-state index is -3.41. The molecule has 7 nitrogen and oxygen atoms in total. The highest BCUT2D eigenvalue weighted by Crippen LogP contribution is 2.22. The third-order valence-corrected chi connectivity index (χ3v) is 3.65. The number of esters is 1. The van der Waals surface area contributed by atoms with Crippen LogP contribution in [0.4, 0.5) is 0 Å². The number of methoxy groups -OCH3 is 1. The Bertz CT molecular complexity index is 474. The molecule has 0 fully saturated rings. The summed E-state index contributed by atoms with van der Waals surface area (Å²) >= 11 is 0. The van der Waals surface area contributed by atoms with Crippen molar-refractivity contribution in [1.82, 2.24) is 4.72 Å². The van der Waals surface area contributed by atoms with E-state index < -0.39 is 34.2 Å². The maximum atomic E-state index is 11.6. The molecule has 0 aromatic heterocycles. The Morgan fingerprint density at radius 2 is 2.20 bits per heavy atom. The quantitative estimate of drug-likeness (QED) is 0.642. The lowest BCUT2D eigenvalue weighted by Crippen LogP contribution is -2.56. The molecule has 1 aliphatic carbocycles. The minimum absolute atomic E-state index is 0.242. The van der Waals surface area contributed by atoms with E-state index in [1.165, 1.54) is 7.11 Å². The van der Waals surface area contributed by atoms with Gasteiger partial charge in [0.25, 0.3) is 0 Å². The molecule has 3 atom stereocenters. The second-order valence-electron chi connectivity index (χ2n) is 4.80. The van der Waals surface area contributed by atoms with Crippen LogP contribution >= 0.6 is 0 Å². The Morgan fingerprint density at radius 3 is 2.70 bits per heavy atom. The van der Waals surface area contributed by atoms with Gasteiger partial charge >= 0.3 is 5.97 Å². The van der Waals surface area contributed by atoms with Crippen LogP contribution in [0.1, 0.15) is 19.8 Å². The van der Waals surface area contributed by atoms with Crippen LogP contribution in [-0.2, 0) is 24.3 Å². The molecule has 116 valence electrons. The lowest BCUT2D eigenvalue weighted by molar-refractivity contribution is -0.136. The van der Waals surface area contributed by atoms with Crippen molar-refractivity contribution in [2.45, 2.75) is 38.0 Å². The molecule has 20 heavy (non-hydrogen) atoms. The van der Waals surface area contributed by atoms with E-state index in [-0.39, 0.29) is 6.42 Å². The molecule has 0 spiro atoms. The highest BCUT2D eigenvalue weighted by molar-refractivity contribution is 7.88. The summed E-state index contributed by atoms with van der Waals surface area (Å²) in [5.41, 5.74) is 6.39. The number of ether oxygens (including phenoxy) is 2. The van der Waals surface area contributed by atoms with Crippen molar-refractivity contribution in [2.75, 3.05) is 20.0 Å². The number of carbonyl (C=O) groups excluding carboxylic acids is 1. The van der Waals surface area contributed by atoms with E-state index in [1.54, 1.807) is 6.08 Å². The van der Waals surface area contributed by atoms with Crippen molar-refractivity contribution in [3.63, 3.8) is 0 Å². The smallest absolute Gasteiger partial charge is 0.333 e. The molecule has 1 rings (SSSR count). The van der Waals surface area contributed by atoms with E-state index >= 15 is 0 Å². The fraction of sp³-hybridized carbons (Fsp3) is 0.750. The second kappa shape index (κ2) is 7.16. The van der Waals surface area contributed by atoms with E-state index in [9.17, 15) is 13.2 Å². The predicted molar refractivity (Wildman–Crippen MR) is 74.5 cm³/mol. The Morgan fingerprint density at radius 1 is 1.55 bits per heavy atom. The number of nitrogens with two attached hydrogens (primary N) is 1. The zero-order valence-electron chi connectivity index (χ0n) is 12.0. The number of hydrogen-bond acceptors (Lipinski definition) is 6. The summed E-state index contributed by atoms with van der Waals surface area (Å²) < 4.78 is 35.5. The van der Waals surface area contributed by atoms with Crippen LogP contribution < -0.4 is 10.5 Å². The van der Waals surface area contributed by atoms with Crippen LogP contribution in [0, 0.1) is 0 Å². The first kappa shape index (κ1) is 17.1. The molecule has 0 unspecified atom stereocenters. The molecule has 0 saturated carbocycles. The molecule has 0 bridgehead atoms. The van der Waals surface area contributed by atoms with Gasteiger partial charge in [0.05, 0.1) is 25.5 Å². The minimum Gasteiger partial charge on any atom is -0.466 e. The van der Waals surface area contributed by atoms with Gasteiger partial charge in [0.2, 0.25) is 10.0 Å². The Kier molecular flexibility index (Phi) is 6.12. The van der Waals surface area contributed by atoms with E-state index in [2.05, 4.69) is 9.46 Å². The molecule has 0 aromatic carbocycles. The number of carbonyl (C=O) groups is 1. The van der Waals surface area contributed by atoms with Gasteiger partial charge in [0.1, 0.15) is 0 Å². The van der Waals surface area contributed by atoms with Gasteiger partial charge in [-0.1, -0.05) is 6.92 Å². The SMILES string of the molecule is CCCO[C@@H]1C=C(C(=O)OC)C[C@H](N)[C@H]1NS(C)(=O)=O. The third-order valence-electron chi connectivity index (χ3n) is 2.95. The summed E-state index contributed by atoms with van der Waals surface area (Å²) in [5, 5.41) is 0. The van der Waals surface area contributed by atoms with E-state index in [1.807, 2.05) is 6.92 Å². The van der Waals surface area contributed by atoms with Crippen molar-refractivity contribution >= 4 is 16.0 Å². The molecule has 0 amide bonds. The van der Waals surface area contributed by atoms with Crippen LogP contribution in [0.2, 0.25) is 0 Å². The highest BCUT2D eigenvalue weighted by Gasteiger charge is 2.35. The molecule has 0 saturated heterocycles. The number of rotatable bonds is 6. The van der Waals surface area contributed by atoms with Gasteiger partial charge < -0.3 is 15.2 Å². The van der Waals surface area contributed by atoms with E-state index in [0.717, 1.165) is 12.7 Å². The third kappa shape index (κ3) is 4.86. The fourth-order valence-electron chi connectivity index (χ4n) is 2.08. The van der Waals surface area contributed by atoms with Gasteiger partial charge in [-0.05, 0) is 18.9 Å². The van der Waals surface area contributed by atoms with Crippen molar-refractivity contribution in [1.29, 1.82) is 0 Å². The summed E-state index contributed by atoms with van der Waals surface area (Å²) in [5.74, 6) is -0.469. The standard InChI is InChI=1S/C12H22N2O5S/c1-4-5-19-10-7-8(12(15)18-2)6-9(13)11(10)14-20(3,16)17/h7,9-11,14H,4-6,13H2,1-3H3/t9-,10+,11+/m0/s1. The molecule has 8 heteroatoms. The van der Waals surface area contributed by atoms with Gasteiger partial charge in [0.15, 0.2) is 0 Å². The molecule has 0 aromatic rings. The maximum absolute atomic E-state index is 11.6. The van der Waals surface area contributed by atoms with Crippen LogP contribution in [0.15, 0.2) is 11.6 Å². The molecular weight excluding hydrogens is 284 g/mol. The topological polar surface area (TPSA) is 108 Å². The van der Waals surface area contributed by atoms with Gasteiger partial charge in [0, 0.05) is 18.2 Å². The normalized spacial score (nSPS) is 27.0. The lowest BCUT2D eigenvalue weighted by Gasteiger charge is -2.34. The average Bonchev–Trinajstić information content (AvgIpc) is 2.36.